The molecule has 2 aromatic heterocycles. The van der Waals surface area contributed by atoms with Gasteiger partial charge < -0.3 is 10.1 Å². The first kappa shape index (κ1) is 23.4. The lowest BCUT2D eigenvalue weighted by Crippen LogP contribution is -2.39. The van der Waals surface area contributed by atoms with Crippen molar-refractivity contribution in [3.8, 4) is 5.75 Å². The molecule has 5 rings (SSSR count). The normalized spacial score (nSPS) is 18.4. The molecule has 1 aliphatic heterocycles. The predicted molar refractivity (Wildman–Crippen MR) is 143 cm³/mol. The number of aromatic nitrogens is 1. The molecule has 176 valence electrons. The van der Waals surface area contributed by atoms with Crippen LogP contribution < -0.4 is 10.1 Å². The highest BCUT2D eigenvalue weighted by Crippen LogP contribution is 2.35. The van der Waals surface area contributed by atoms with Crippen molar-refractivity contribution in [2.75, 3.05) is 19.0 Å². The van der Waals surface area contributed by atoms with Gasteiger partial charge in [0, 0.05) is 38.7 Å². The molecule has 8 heteroatoms. The number of likely N-dealkylation sites (tertiary alicyclic amines) is 1. The number of fused-ring (bicyclic) bond motifs is 1. The summed E-state index contributed by atoms with van der Waals surface area (Å²) < 4.78 is 6.43. The number of methoxy groups -OCH3 is 1. The van der Waals surface area contributed by atoms with Crippen LogP contribution in [0, 0.1) is 13.8 Å². The molecule has 0 aliphatic carbocycles. The van der Waals surface area contributed by atoms with E-state index in [2.05, 4.69) is 46.4 Å². The summed E-state index contributed by atoms with van der Waals surface area (Å²) in [5, 5.41) is 4.54. The van der Waals surface area contributed by atoms with Gasteiger partial charge in [-0.2, -0.15) is 0 Å². The summed E-state index contributed by atoms with van der Waals surface area (Å²) >= 11 is 5.31. The van der Waals surface area contributed by atoms with Crippen molar-refractivity contribution >= 4 is 56.2 Å². The summed E-state index contributed by atoms with van der Waals surface area (Å²) in [5.41, 5.74) is 1.74. The average Bonchev–Trinajstić information content (AvgIpc) is 3.52. The minimum Gasteiger partial charge on any atom is -0.497 e. The van der Waals surface area contributed by atoms with Crippen molar-refractivity contribution in [2.45, 2.75) is 43.0 Å². The maximum absolute atomic E-state index is 13.5. The van der Waals surface area contributed by atoms with E-state index in [-0.39, 0.29) is 11.9 Å². The van der Waals surface area contributed by atoms with Crippen LogP contribution in [0.25, 0.3) is 10.2 Å². The van der Waals surface area contributed by atoms with Gasteiger partial charge in [-0.05, 0) is 74.9 Å². The van der Waals surface area contributed by atoms with E-state index in [1.54, 1.807) is 29.8 Å². The Morgan fingerprint density at radius 1 is 1.15 bits per heavy atom. The van der Waals surface area contributed by atoms with E-state index in [0.717, 1.165) is 46.2 Å². The number of carbonyl (C=O) groups is 1. The highest BCUT2D eigenvalue weighted by atomic mass is 32.2. The van der Waals surface area contributed by atoms with E-state index >= 15 is 0 Å². The smallest absolute Gasteiger partial charge is 0.241 e. The first-order valence-corrected chi connectivity index (χ1v) is 13.8. The van der Waals surface area contributed by atoms with E-state index in [1.807, 2.05) is 49.0 Å². The van der Waals surface area contributed by atoms with E-state index in [1.165, 1.54) is 14.6 Å². The number of ether oxygens (including phenoxy) is 1. The molecule has 3 heterocycles. The number of hydrogen-bond acceptors (Lipinski definition) is 7. The standard InChI is InChI=1S/C26H27N3O2S3/c1-16-4-8-21(32-16)14-29-15-22(34-20-9-6-19(31-3)7-10-20)13-24(29)26(30)28-18-5-11-25-23(12-18)27-17(2)33-25/h4-12,22,24H,13-15H2,1-3H3,(H,28,30)/t22-,24-/m0/s1. The van der Waals surface area contributed by atoms with Gasteiger partial charge in [-0.15, -0.1) is 34.4 Å². The maximum atomic E-state index is 13.5. The van der Waals surface area contributed by atoms with Crippen LogP contribution in [-0.4, -0.2) is 40.7 Å². The number of thiophene rings is 1. The third kappa shape index (κ3) is 5.30. The quantitative estimate of drug-likeness (QED) is 0.314. The van der Waals surface area contributed by atoms with E-state index < -0.39 is 0 Å². The van der Waals surface area contributed by atoms with Gasteiger partial charge in [-0.25, -0.2) is 4.98 Å². The Morgan fingerprint density at radius 2 is 1.97 bits per heavy atom. The molecule has 2 atom stereocenters. The number of nitrogens with one attached hydrogen (secondary N) is 1. The lowest BCUT2D eigenvalue weighted by molar-refractivity contribution is -0.120. The molecule has 1 saturated heterocycles. The molecule has 1 amide bonds. The molecule has 0 bridgehead atoms. The van der Waals surface area contributed by atoms with Crippen LogP contribution in [0.5, 0.6) is 5.75 Å². The van der Waals surface area contributed by atoms with Crippen LogP contribution in [0.4, 0.5) is 5.69 Å². The molecule has 0 spiro atoms. The molecule has 34 heavy (non-hydrogen) atoms. The molecule has 1 N–H and O–H groups in total. The Kier molecular flexibility index (Phi) is 6.92. The first-order chi connectivity index (χ1) is 16.5. The molecule has 0 unspecified atom stereocenters. The summed E-state index contributed by atoms with van der Waals surface area (Å²) in [6.07, 6.45) is 0.810. The van der Waals surface area contributed by atoms with Gasteiger partial charge >= 0.3 is 0 Å². The molecular weight excluding hydrogens is 483 g/mol. The van der Waals surface area contributed by atoms with Crippen molar-refractivity contribution in [3.05, 3.63) is 69.4 Å². The molecule has 4 aromatic rings. The molecule has 0 radical (unpaired) electrons. The predicted octanol–water partition coefficient (Wildman–Crippen LogP) is 6.36. The second-order valence-electron chi connectivity index (χ2n) is 8.51. The molecule has 1 aliphatic rings. The zero-order valence-corrected chi connectivity index (χ0v) is 21.9. The Bertz CT molecular complexity index is 1300. The number of thioether (sulfide) groups is 1. The molecule has 0 saturated carbocycles. The van der Waals surface area contributed by atoms with Crippen molar-refractivity contribution in [3.63, 3.8) is 0 Å². The topological polar surface area (TPSA) is 54.5 Å². The summed E-state index contributed by atoms with van der Waals surface area (Å²) in [4.78, 5) is 24.1. The number of carbonyl (C=O) groups excluding carboxylic acids is 1. The molecule has 1 fully saturated rings. The van der Waals surface area contributed by atoms with Gasteiger partial charge in [0.1, 0.15) is 5.75 Å². The zero-order chi connectivity index (χ0) is 23.7. The molecule has 5 nitrogen and oxygen atoms in total. The van der Waals surface area contributed by atoms with Gasteiger partial charge in [0.2, 0.25) is 5.91 Å². The highest BCUT2D eigenvalue weighted by Gasteiger charge is 2.37. The number of anilines is 1. The van der Waals surface area contributed by atoms with Gasteiger partial charge in [-0.1, -0.05) is 0 Å². The fourth-order valence-corrected chi connectivity index (χ4v) is 7.30. The monoisotopic (exact) mass is 509 g/mol. The number of nitrogens with zero attached hydrogens (tertiary/aromatic N) is 2. The van der Waals surface area contributed by atoms with Crippen molar-refractivity contribution in [1.29, 1.82) is 0 Å². The van der Waals surface area contributed by atoms with Crippen molar-refractivity contribution in [2.24, 2.45) is 0 Å². The number of benzene rings is 2. The highest BCUT2D eigenvalue weighted by molar-refractivity contribution is 8.00. The SMILES string of the molecule is COc1ccc(S[C@H]2C[C@@H](C(=O)Nc3ccc4sc(C)nc4c3)N(Cc3ccc(C)s3)C2)cc1. The van der Waals surface area contributed by atoms with Gasteiger partial charge in [0.25, 0.3) is 0 Å². The Labute approximate surface area is 212 Å². The van der Waals surface area contributed by atoms with Gasteiger partial charge in [0.15, 0.2) is 0 Å². The number of amides is 1. The van der Waals surface area contributed by atoms with Crippen LogP contribution in [0.1, 0.15) is 21.2 Å². The maximum Gasteiger partial charge on any atom is 0.241 e. The zero-order valence-electron chi connectivity index (χ0n) is 19.4. The lowest BCUT2D eigenvalue weighted by atomic mass is 10.2. The Morgan fingerprint density at radius 3 is 2.71 bits per heavy atom. The largest absolute Gasteiger partial charge is 0.497 e. The minimum absolute atomic E-state index is 0.0532. The van der Waals surface area contributed by atoms with Crippen LogP contribution in [0.2, 0.25) is 0 Å². The third-order valence-electron chi connectivity index (χ3n) is 5.95. The fourth-order valence-electron chi connectivity index (χ4n) is 4.36. The average molecular weight is 510 g/mol. The number of aryl methyl sites for hydroxylation is 2. The van der Waals surface area contributed by atoms with Crippen LogP contribution >= 0.6 is 34.4 Å². The number of rotatable bonds is 7. The Hall–Kier alpha value is -2.39. The third-order valence-corrected chi connectivity index (χ3v) is 9.10. The van der Waals surface area contributed by atoms with E-state index in [9.17, 15) is 4.79 Å². The second-order valence-corrected chi connectivity index (χ2v) is 12.5. The molecular formula is C26H27N3O2S3. The van der Waals surface area contributed by atoms with Gasteiger partial charge in [0.05, 0.1) is 28.4 Å². The Balaban J connectivity index is 1.32. The van der Waals surface area contributed by atoms with E-state index in [0.29, 0.717) is 5.25 Å². The first-order valence-electron chi connectivity index (χ1n) is 11.2. The lowest BCUT2D eigenvalue weighted by Gasteiger charge is -2.23. The number of hydrogen-bond donors (Lipinski definition) is 1. The number of thiazole rings is 1. The van der Waals surface area contributed by atoms with E-state index in [4.69, 9.17) is 4.74 Å². The summed E-state index contributed by atoms with van der Waals surface area (Å²) in [5.74, 6) is 0.910. The molecule has 2 aromatic carbocycles. The summed E-state index contributed by atoms with van der Waals surface area (Å²) in [6.45, 7) is 5.80. The van der Waals surface area contributed by atoms with Crippen molar-refractivity contribution in [1.82, 2.24) is 9.88 Å². The van der Waals surface area contributed by atoms with Crippen LogP contribution in [-0.2, 0) is 11.3 Å². The summed E-state index contributed by atoms with van der Waals surface area (Å²) in [7, 11) is 1.68. The van der Waals surface area contributed by atoms with Crippen molar-refractivity contribution < 1.29 is 9.53 Å². The minimum atomic E-state index is -0.175. The second kappa shape index (κ2) is 10.1. The van der Waals surface area contributed by atoms with Gasteiger partial charge in [-0.3, -0.25) is 9.69 Å². The van der Waals surface area contributed by atoms with Crippen LogP contribution in [0.3, 0.4) is 0 Å². The summed E-state index contributed by atoms with van der Waals surface area (Å²) in [6, 6.07) is 18.3. The fraction of sp³-hybridized carbons (Fsp3) is 0.308. The van der Waals surface area contributed by atoms with Crippen LogP contribution in [0.15, 0.2) is 59.5 Å².